The summed E-state index contributed by atoms with van der Waals surface area (Å²) in [6, 6.07) is 6.57. The molecule has 5 heteroatoms. The number of unbranched alkanes of at least 4 members (excludes halogenated alkanes) is 3. The van der Waals surface area contributed by atoms with Gasteiger partial charge in [0.2, 0.25) is 5.91 Å². The number of esters is 1. The molecule has 1 rings (SSSR count). The van der Waals surface area contributed by atoms with E-state index in [1.165, 1.54) is 0 Å². The lowest BCUT2D eigenvalue weighted by molar-refractivity contribution is -0.136. The predicted molar refractivity (Wildman–Crippen MR) is 83.7 cm³/mol. The number of rotatable bonds is 8. The summed E-state index contributed by atoms with van der Waals surface area (Å²) in [5, 5.41) is 0.546. The quantitative estimate of drug-likeness (QED) is 0.455. The van der Waals surface area contributed by atoms with Gasteiger partial charge in [-0.3, -0.25) is 4.79 Å². The lowest BCUT2D eigenvalue weighted by Crippen LogP contribution is -2.13. The van der Waals surface area contributed by atoms with Crippen LogP contribution in [0.15, 0.2) is 30.3 Å². The van der Waals surface area contributed by atoms with Crippen LogP contribution in [-0.2, 0) is 14.3 Å². The number of nitrogens with two attached hydrogens (primary N) is 1. The molecule has 21 heavy (non-hydrogen) atoms. The second-order valence-corrected chi connectivity index (χ2v) is 5.10. The molecule has 2 N–H and O–H groups in total. The van der Waals surface area contributed by atoms with Crippen molar-refractivity contribution in [3.05, 3.63) is 40.9 Å². The summed E-state index contributed by atoms with van der Waals surface area (Å²) in [6.45, 7) is 2.45. The third kappa shape index (κ3) is 6.45. The molecule has 0 radical (unpaired) electrons. The maximum absolute atomic E-state index is 12.1. The van der Waals surface area contributed by atoms with Crippen LogP contribution < -0.4 is 5.73 Å². The molecule has 0 unspecified atom stereocenters. The van der Waals surface area contributed by atoms with Gasteiger partial charge in [0.1, 0.15) is 0 Å². The minimum absolute atomic E-state index is 0.148. The molecular formula is C16H20ClNO3. The predicted octanol–water partition coefficient (Wildman–Crippen LogP) is 3.33. The number of ether oxygens (including phenoxy) is 1. The Bertz CT molecular complexity index is 509. The minimum atomic E-state index is -0.692. The van der Waals surface area contributed by atoms with Crippen LogP contribution in [0.2, 0.25) is 5.02 Å². The lowest BCUT2D eigenvalue weighted by Gasteiger charge is -2.08. The summed E-state index contributed by atoms with van der Waals surface area (Å²) in [4.78, 5) is 23.1. The summed E-state index contributed by atoms with van der Waals surface area (Å²) in [5.74, 6) is -1.24. The Morgan fingerprint density at radius 2 is 1.86 bits per heavy atom. The van der Waals surface area contributed by atoms with Gasteiger partial charge in [0.15, 0.2) is 0 Å². The Hall–Kier alpha value is -1.81. The van der Waals surface area contributed by atoms with Gasteiger partial charge >= 0.3 is 5.97 Å². The summed E-state index contributed by atoms with van der Waals surface area (Å²) >= 11 is 5.81. The minimum Gasteiger partial charge on any atom is -0.462 e. The molecule has 0 spiro atoms. The number of primary amides is 1. The molecule has 1 amide bonds. The van der Waals surface area contributed by atoms with E-state index in [4.69, 9.17) is 22.1 Å². The number of amides is 1. The van der Waals surface area contributed by atoms with Gasteiger partial charge < -0.3 is 10.5 Å². The summed E-state index contributed by atoms with van der Waals surface area (Å²) < 4.78 is 5.19. The number of benzene rings is 1. The van der Waals surface area contributed by atoms with Crippen molar-refractivity contribution >= 4 is 29.1 Å². The Kier molecular flexibility index (Phi) is 7.54. The second-order valence-electron chi connectivity index (χ2n) is 4.66. The summed E-state index contributed by atoms with van der Waals surface area (Å²) in [6.07, 6.45) is 5.13. The van der Waals surface area contributed by atoms with E-state index >= 15 is 0 Å². The topological polar surface area (TPSA) is 69.4 Å². The number of carbonyl (C=O) groups is 2. The van der Waals surface area contributed by atoms with Crippen molar-refractivity contribution in [2.24, 2.45) is 5.73 Å². The fourth-order valence-electron chi connectivity index (χ4n) is 1.80. The van der Waals surface area contributed by atoms with Crippen LogP contribution in [0.3, 0.4) is 0 Å². The Balaban J connectivity index is 2.72. The third-order valence-corrected chi connectivity index (χ3v) is 3.14. The first-order valence-electron chi connectivity index (χ1n) is 6.98. The summed E-state index contributed by atoms with van der Waals surface area (Å²) in [7, 11) is 0. The molecular weight excluding hydrogens is 290 g/mol. The van der Waals surface area contributed by atoms with Crippen molar-refractivity contribution < 1.29 is 14.3 Å². The molecule has 0 saturated heterocycles. The van der Waals surface area contributed by atoms with Gasteiger partial charge in [0.05, 0.1) is 12.2 Å². The Morgan fingerprint density at radius 1 is 1.19 bits per heavy atom. The maximum atomic E-state index is 12.1. The first-order chi connectivity index (χ1) is 10.0. The SMILES string of the molecule is CCCCCCOC(=O)/C(=C\C(N)=O)c1ccc(Cl)cc1. The standard InChI is InChI=1S/C16H20ClNO3/c1-2-3-4-5-10-21-16(20)14(11-15(18)19)12-6-8-13(17)9-7-12/h6-9,11H,2-5,10H2,1H3,(H2,18,19)/b14-11-. The molecule has 0 fully saturated rings. The molecule has 0 aliphatic carbocycles. The monoisotopic (exact) mass is 309 g/mol. The van der Waals surface area contributed by atoms with Crippen molar-refractivity contribution in [3.8, 4) is 0 Å². The van der Waals surface area contributed by atoms with Crippen molar-refractivity contribution in [1.29, 1.82) is 0 Å². The fourth-order valence-corrected chi connectivity index (χ4v) is 1.93. The van der Waals surface area contributed by atoms with Gasteiger partial charge in [0.25, 0.3) is 0 Å². The molecule has 0 saturated carbocycles. The van der Waals surface area contributed by atoms with E-state index < -0.39 is 11.9 Å². The zero-order valence-corrected chi connectivity index (χ0v) is 12.9. The molecule has 114 valence electrons. The first-order valence-corrected chi connectivity index (χ1v) is 7.36. The fraction of sp³-hybridized carbons (Fsp3) is 0.375. The van der Waals surface area contributed by atoms with E-state index in [-0.39, 0.29) is 5.57 Å². The number of halogens is 1. The largest absolute Gasteiger partial charge is 0.462 e. The van der Waals surface area contributed by atoms with Crippen LogP contribution in [-0.4, -0.2) is 18.5 Å². The van der Waals surface area contributed by atoms with Crippen LogP contribution in [0.4, 0.5) is 0 Å². The van der Waals surface area contributed by atoms with Gasteiger partial charge in [-0.1, -0.05) is 49.9 Å². The highest BCUT2D eigenvalue weighted by molar-refractivity contribution is 6.30. The molecule has 0 aliphatic rings. The molecule has 1 aromatic rings. The Morgan fingerprint density at radius 3 is 2.43 bits per heavy atom. The van der Waals surface area contributed by atoms with Gasteiger partial charge in [-0.2, -0.15) is 0 Å². The number of carbonyl (C=O) groups excluding carboxylic acids is 2. The van der Waals surface area contributed by atoms with Gasteiger partial charge in [-0.15, -0.1) is 0 Å². The van der Waals surface area contributed by atoms with Crippen molar-refractivity contribution in [3.63, 3.8) is 0 Å². The van der Waals surface area contributed by atoms with E-state index in [2.05, 4.69) is 6.92 Å². The zero-order chi connectivity index (χ0) is 15.7. The van der Waals surface area contributed by atoms with Gasteiger partial charge in [-0.25, -0.2) is 4.79 Å². The van der Waals surface area contributed by atoms with Crippen LogP contribution in [0.1, 0.15) is 38.2 Å². The highest BCUT2D eigenvalue weighted by Gasteiger charge is 2.14. The normalized spacial score (nSPS) is 11.2. The zero-order valence-electron chi connectivity index (χ0n) is 12.1. The van der Waals surface area contributed by atoms with E-state index in [9.17, 15) is 9.59 Å². The van der Waals surface area contributed by atoms with E-state index in [0.717, 1.165) is 31.8 Å². The summed E-state index contributed by atoms with van der Waals surface area (Å²) in [5.41, 5.74) is 5.84. The second kappa shape index (κ2) is 9.19. The number of hydrogen-bond donors (Lipinski definition) is 1. The molecule has 4 nitrogen and oxygen atoms in total. The van der Waals surface area contributed by atoms with Crippen LogP contribution in [0.25, 0.3) is 5.57 Å². The molecule has 0 heterocycles. The lowest BCUT2D eigenvalue weighted by atomic mass is 10.1. The van der Waals surface area contributed by atoms with E-state index in [1.54, 1.807) is 24.3 Å². The molecule has 0 aliphatic heterocycles. The molecule has 0 aromatic heterocycles. The molecule has 0 bridgehead atoms. The van der Waals surface area contributed by atoms with E-state index in [1.807, 2.05) is 0 Å². The van der Waals surface area contributed by atoms with Crippen LogP contribution in [0, 0.1) is 0 Å². The van der Waals surface area contributed by atoms with Crippen molar-refractivity contribution in [2.75, 3.05) is 6.61 Å². The van der Waals surface area contributed by atoms with Crippen LogP contribution in [0.5, 0.6) is 0 Å². The average Bonchev–Trinajstić information content (AvgIpc) is 2.45. The van der Waals surface area contributed by atoms with E-state index in [0.29, 0.717) is 17.2 Å². The number of hydrogen-bond acceptors (Lipinski definition) is 3. The molecule has 0 atom stereocenters. The van der Waals surface area contributed by atoms with Crippen LogP contribution >= 0.6 is 11.6 Å². The molecule has 1 aromatic carbocycles. The average molecular weight is 310 g/mol. The highest BCUT2D eigenvalue weighted by Crippen LogP contribution is 2.19. The van der Waals surface area contributed by atoms with Gasteiger partial charge in [-0.05, 0) is 24.1 Å². The third-order valence-electron chi connectivity index (χ3n) is 2.89. The van der Waals surface area contributed by atoms with Crippen molar-refractivity contribution in [2.45, 2.75) is 32.6 Å². The maximum Gasteiger partial charge on any atom is 0.338 e. The smallest absolute Gasteiger partial charge is 0.338 e. The van der Waals surface area contributed by atoms with Crippen molar-refractivity contribution in [1.82, 2.24) is 0 Å². The first kappa shape index (κ1) is 17.2. The van der Waals surface area contributed by atoms with Gasteiger partial charge in [0, 0.05) is 11.1 Å². The highest BCUT2D eigenvalue weighted by atomic mass is 35.5. The Labute approximate surface area is 129 Å².